The van der Waals surface area contributed by atoms with Crippen molar-refractivity contribution in [2.75, 3.05) is 17.6 Å². The Hall–Kier alpha value is -2.45. The lowest BCUT2D eigenvalue weighted by Crippen LogP contribution is -2.31. The fourth-order valence-corrected chi connectivity index (χ4v) is 4.26. The van der Waals surface area contributed by atoms with Crippen LogP contribution in [0, 0.1) is 12.7 Å². The third kappa shape index (κ3) is 5.53. The average molecular weight is 417 g/mol. The molecule has 146 valence electrons. The van der Waals surface area contributed by atoms with Gasteiger partial charge in [0.1, 0.15) is 5.82 Å². The van der Waals surface area contributed by atoms with E-state index in [9.17, 15) is 9.18 Å². The number of halogens is 1. The molecule has 0 saturated carbocycles. The second-order valence-electron chi connectivity index (χ2n) is 6.14. The molecular formula is C20H21FN4OS2. The third-order valence-electron chi connectivity index (χ3n) is 4.11. The van der Waals surface area contributed by atoms with Crippen molar-refractivity contribution in [2.24, 2.45) is 0 Å². The molecule has 0 fully saturated rings. The van der Waals surface area contributed by atoms with E-state index in [1.165, 1.54) is 35.2 Å². The van der Waals surface area contributed by atoms with E-state index >= 15 is 0 Å². The summed E-state index contributed by atoms with van der Waals surface area (Å²) in [5.74, 6) is -0.0411. The van der Waals surface area contributed by atoms with Gasteiger partial charge in [0, 0.05) is 18.8 Å². The zero-order valence-corrected chi connectivity index (χ0v) is 17.3. The van der Waals surface area contributed by atoms with Crippen molar-refractivity contribution in [3.63, 3.8) is 0 Å². The molecule has 3 rings (SSSR count). The number of nitrogens with one attached hydrogen (secondary N) is 1. The van der Waals surface area contributed by atoms with Gasteiger partial charge in [-0.05, 0) is 43.2 Å². The van der Waals surface area contributed by atoms with Crippen molar-refractivity contribution in [2.45, 2.75) is 24.7 Å². The van der Waals surface area contributed by atoms with E-state index in [2.05, 4.69) is 15.5 Å². The first-order valence-corrected chi connectivity index (χ1v) is 10.7. The van der Waals surface area contributed by atoms with Crippen LogP contribution in [-0.4, -0.2) is 33.3 Å². The van der Waals surface area contributed by atoms with Gasteiger partial charge in [0.25, 0.3) is 0 Å². The average Bonchev–Trinajstić information content (AvgIpc) is 3.13. The van der Waals surface area contributed by atoms with Crippen molar-refractivity contribution in [3.8, 4) is 0 Å². The molecule has 0 spiro atoms. The van der Waals surface area contributed by atoms with E-state index in [1.54, 1.807) is 11.0 Å². The normalized spacial score (nSPS) is 10.7. The Morgan fingerprint density at radius 2 is 2.04 bits per heavy atom. The largest absolute Gasteiger partial charge is 0.338 e. The first kappa shape index (κ1) is 20.3. The molecule has 5 nitrogen and oxygen atoms in total. The molecule has 0 radical (unpaired) electrons. The second-order valence-corrected chi connectivity index (χ2v) is 8.34. The highest BCUT2D eigenvalue weighted by atomic mass is 32.2. The van der Waals surface area contributed by atoms with E-state index in [0.717, 1.165) is 21.2 Å². The Kier molecular flexibility index (Phi) is 7.00. The van der Waals surface area contributed by atoms with E-state index in [0.29, 0.717) is 18.2 Å². The summed E-state index contributed by atoms with van der Waals surface area (Å²) in [5, 5.41) is 12.2. The van der Waals surface area contributed by atoms with E-state index < -0.39 is 0 Å². The summed E-state index contributed by atoms with van der Waals surface area (Å²) in [6, 6.07) is 14.3. The number of aromatic nitrogens is 2. The Morgan fingerprint density at radius 1 is 1.21 bits per heavy atom. The standard InChI is InChI=1S/C20H21FN4OS2/c1-3-25(12-15-8-6-9-16(21)11-15)18(26)13-27-20-24-23-19(28-20)22-17-10-5-4-7-14(17)2/h4-11H,3,12-13H2,1-2H3,(H,22,23). The third-order valence-corrected chi connectivity index (χ3v) is 6.07. The van der Waals surface area contributed by atoms with Crippen LogP contribution in [0.1, 0.15) is 18.1 Å². The molecule has 0 aliphatic heterocycles. The molecule has 1 heterocycles. The lowest BCUT2D eigenvalue weighted by molar-refractivity contribution is -0.128. The molecule has 28 heavy (non-hydrogen) atoms. The summed E-state index contributed by atoms with van der Waals surface area (Å²) >= 11 is 2.77. The van der Waals surface area contributed by atoms with Gasteiger partial charge in [0.2, 0.25) is 11.0 Å². The second kappa shape index (κ2) is 9.66. The minimum atomic E-state index is -0.294. The van der Waals surface area contributed by atoms with E-state index in [1.807, 2.05) is 44.2 Å². The summed E-state index contributed by atoms with van der Waals surface area (Å²) in [6.07, 6.45) is 0. The summed E-state index contributed by atoms with van der Waals surface area (Å²) in [6.45, 7) is 4.89. The first-order chi connectivity index (χ1) is 13.5. The van der Waals surface area contributed by atoms with Crippen molar-refractivity contribution >= 4 is 39.8 Å². The molecule has 0 aliphatic rings. The highest BCUT2D eigenvalue weighted by Crippen LogP contribution is 2.28. The fourth-order valence-electron chi connectivity index (χ4n) is 2.59. The van der Waals surface area contributed by atoms with Gasteiger partial charge in [0.15, 0.2) is 4.34 Å². The van der Waals surface area contributed by atoms with Crippen LogP contribution in [0.15, 0.2) is 52.9 Å². The zero-order chi connectivity index (χ0) is 19.9. The van der Waals surface area contributed by atoms with Crippen LogP contribution in [-0.2, 0) is 11.3 Å². The maximum atomic E-state index is 13.3. The van der Waals surface area contributed by atoms with Crippen molar-refractivity contribution < 1.29 is 9.18 Å². The zero-order valence-electron chi connectivity index (χ0n) is 15.7. The summed E-state index contributed by atoms with van der Waals surface area (Å²) in [4.78, 5) is 14.2. The van der Waals surface area contributed by atoms with Crippen molar-refractivity contribution in [1.82, 2.24) is 15.1 Å². The summed E-state index contributed by atoms with van der Waals surface area (Å²) in [7, 11) is 0. The Balaban J connectivity index is 1.55. The molecule has 3 aromatic rings. The minimum absolute atomic E-state index is 0.0135. The topological polar surface area (TPSA) is 58.1 Å². The number of carbonyl (C=O) groups excluding carboxylic acids is 1. The number of rotatable bonds is 8. The predicted octanol–water partition coefficient (Wildman–Crippen LogP) is 4.87. The molecule has 1 amide bonds. The van der Waals surface area contributed by atoms with Crippen LogP contribution in [0.5, 0.6) is 0 Å². The quantitative estimate of drug-likeness (QED) is 0.531. The molecule has 0 atom stereocenters. The Labute approximate surface area is 172 Å². The summed E-state index contributed by atoms with van der Waals surface area (Å²) < 4.78 is 14.1. The minimum Gasteiger partial charge on any atom is -0.338 e. The molecule has 8 heteroatoms. The number of hydrogen-bond donors (Lipinski definition) is 1. The van der Waals surface area contributed by atoms with Crippen LogP contribution in [0.25, 0.3) is 0 Å². The highest BCUT2D eigenvalue weighted by molar-refractivity contribution is 8.01. The molecule has 0 bridgehead atoms. The van der Waals surface area contributed by atoms with Gasteiger partial charge < -0.3 is 10.2 Å². The number of amides is 1. The van der Waals surface area contributed by atoms with Crippen LogP contribution in [0.3, 0.4) is 0 Å². The molecule has 1 aromatic heterocycles. The lowest BCUT2D eigenvalue weighted by Gasteiger charge is -2.20. The molecular weight excluding hydrogens is 395 g/mol. The van der Waals surface area contributed by atoms with Crippen LogP contribution < -0.4 is 5.32 Å². The van der Waals surface area contributed by atoms with Gasteiger partial charge in [-0.25, -0.2) is 4.39 Å². The predicted molar refractivity (Wildman–Crippen MR) is 113 cm³/mol. The maximum absolute atomic E-state index is 13.3. The van der Waals surface area contributed by atoms with Crippen molar-refractivity contribution in [3.05, 3.63) is 65.5 Å². The van der Waals surface area contributed by atoms with E-state index in [-0.39, 0.29) is 17.5 Å². The molecule has 0 saturated heterocycles. The number of anilines is 2. The smallest absolute Gasteiger partial charge is 0.233 e. The monoisotopic (exact) mass is 416 g/mol. The SMILES string of the molecule is CCN(Cc1cccc(F)c1)C(=O)CSc1nnc(Nc2ccccc2C)s1. The van der Waals surface area contributed by atoms with Gasteiger partial charge >= 0.3 is 0 Å². The van der Waals surface area contributed by atoms with Gasteiger partial charge in [-0.1, -0.05) is 53.4 Å². The number of aryl methyl sites for hydroxylation is 1. The maximum Gasteiger partial charge on any atom is 0.233 e. The molecule has 2 aromatic carbocycles. The lowest BCUT2D eigenvalue weighted by atomic mass is 10.2. The molecule has 1 N–H and O–H groups in total. The highest BCUT2D eigenvalue weighted by Gasteiger charge is 2.15. The fraction of sp³-hybridized carbons (Fsp3) is 0.250. The van der Waals surface area contributed by atoms with Crippen LogP contribution in [0.4, 0.5) is 15.2 Å². The van der Waals surface area contributed by atoms with Gasteiger partial charge in [0.05, 0.1) is 5.75 Å². The number of carbonyl (C=O) groups is 1. The Bertz CT molecular complexity index is 947. The first-order valence-electron chi connectivity index (χ1n) is 8.86. The Morgan fingerprint density at radius 3 is 2.79 bits per heavy atom. The van der Waals surface area contributed by atoms with Gasteiger partial charge in [-0.2, -0.15) is 0 Å². The number of benzene rings is 2. The van der Waals surface area contributed by atoms with E-state index in [4.69, 9.17) is 0 Å². The van der Waals surface area contributed by atoms with Crippen LogP contribution >= 0.6 is 23.1 Å². The number of para-hydroxylation sites is 1. The van der Waals surface area contributed by atoms with Crippen LogP contribution in [0.2, 0.25) is 0 Å². The van der Waals surface area contributed by atoms with Gasteiger partial charge in [-0.3, -0.25) is 4.79 Å². The van der Waals surface area contributed by atoms with Crippen molar-refractivity contribution in [1.29, 1.82) is 0 Å². The number of thioether (sulfide) groups is 1. The summed E-state index contributed by atoms with van der Waals surface area (Å²) in [5.41, 5.74) is 2.89. The molecule has 0 aliphatic carbocycles. The number of hydrogen-bond acceptors (Lipinski definition) is 6. The molecule has 0 unspecified atom stereocenters. The number of nitrogens with zero attached hydrogens (tertiary/aromatic N) is 3. The van der Waals surface area contributed by atoms with Gasteiger partial charge in [-0.15, -0.1) is 10.2 Å².